The van der Waals surface area contributed by atoms with Crippen LogP contribution in [0.15, 0.2) is 47.6 Å². The molecule has 0 N–H and O–H groups in total. The molecule has 2 aromatic carbocycles. The highest BCUT2D eigenvalue weighted by molar-refractivity contribution is 7.88. The maximum atomic E-state index is 12.4. The summed E-state index contributed by atoms with van der Waals surface area (Å²) in [4.78, 5) is 0. The van der Waals surface area contributed by atoms with Crippen LogP contribution < -0.4 is 14.2 Å². The number of hydrazone groups is 1. The molecule has 8 heteroatoms. The van der Waals surface area contributed by atoms with Crippen molar-refractivity contribution in [3.63, 3.8) is 0 Å². The lowest BCUT2D eigenvalue weighted by atomic mass is 9.98. The van der Waals surface area contributed by atoms with Crippen LogP contribution in [0.3, 0.4) is 0 Å². The largest absolute Gasteiger partial charge is 0.497 e. The molecule has 0 amide bonds. The normalized spacial score (nSPS) is 16.6. The van der Waals surface area contributed by atoms with Crippen molar-refractivity contribution in [1.29, 1.82) is 0 Å². The third-order valence-electron chi connectivity index (χ3n) is 4.51. The van der Waals surface area contributed by atoms with Crippen molar-refractivity contribution in [2.24, 2.45) is 5.10 Å². The number of methoxy groups -OCH3 is 2. The monoisotopic (exact) mass is 404 g/mol. The van der Waals surface area contributed by atoms with E-state index in [0.29, 0.717) is 30.2 Å². The lowest BCUT2D eigenvalue weighted by molar-refractivity contribution is 0.339. The second-order valence-corrected chi connectivity index (χ2v) is 8.21. The van der Waals surface area contributed by atoms with Crippen LogP contribution in [0, 0.1) is 0 Å². The molecule has 0 saturated carbocycles. The molecule has 0 fully saturated rings. The molecule has 0 aliphatic carbocycles. The third kappa shape index (κ3) is 4.06. The Hall–Kier alpha value is -2.74. The highest BCUT2D eigenvalue weighted by atomic mass is 32.2. The number of rotatable bonds is 7. The van der Waals surface area contributed by atoms with Crippen molar-refractivity contribution in [1.82, 2.24) is 4.41 Å². The van der Waals surface area contributed by atoms with Crippen molar-refractivity contribution >= 4 is 15.7 Å². The van der Waals surface area contributed by atoms with E-state index >= 15 is 0 Å². The predicted octanol–water partition coefficient (Wildman–Crippen LogP) is 3.21. The maximum Gasteiger partial charge on any atom is 0.247 e. The fourth-order valence-corrected chi connectivity index (χ4v) is 4.10. The summed E-state index contributed by atoms with van der Waals surface area (Å²) in [6, 6.07) is 12.4. The number of benzene rings is 2. The summed E-state index contributed by atoms with van der Waals surface area (Å²) < 4.78 is 42.1. The molecule has 1 atom stereocenters. The van der Waals surface area contributed by atoms with E-state index in [4.69, 9.17) is 14.2 Å². The number of nitrogens with zero attached hydrogens (tertiary/aromatic N) is 2. The van der Waals surface area contributed by atoms with Crippen LogP contribution in [0.25, 0.3) is 0 Å². The summed E-state index contributed by atoms with van der Waals surface area (Å²) in [5.41, 5.74) is 2.23. The van der Waals surface area contributed by atoms with Crippen molar-refractivity contribution in [3.05, 3.63) is 53.6 Å². The number of ether oxygens (including phenoxy) is 3. The minimum Gasteiger partial charge on any atom is -0.497 e. The van der Waals surface area contributed by atoms with Crippen molar-refractivity contribution in [2.75, 3.05) is 27.1 Å². The molecule has 1 unspecified atom stereocenters. The zero-order valence-electron chi connectivity index (χ0n) is 16.4. The van der Waals surface area contributed by atoms with E-state index in [1.54, 1.807) is 26.4 Å². The van der Waals surface area contributed by atoms with Gasteiger partial charge in [0.1, 0.15) is 17.2 Å². The van der Waals surface area contributed by atoms with E-state index in [1.165, 1.54) is 4.41 Å². The number of sulfonamides is 1. The van der Waals surface area contributed by atoms with E-state index < -0.39 is 16.1 Å². The molecule has 0 spiro atoms. The van der Waals surface area contributed by atoms with Crippen LogP contribution >= 0.6 is 0 Å². The fraction of sp³-hybridized carbons (Fsp3) is 0.350. The minimum absolute atomic E-state index is 0.424. The SMILES string of the molecule is CCOc1ccc(C2CC(c3ccc(OC)cc3OC)=NN2S(C)(=O)=O)cc1. The van der Waals surface area contributed by atoms with Gasteiger partial charge < -0.3 is 14.2 Å². The molecule has 0 aromatic heterocycles. The van der Waals surface area contributed by atoms with E-state index in [9.17, 15) is 8.42 Å². The molecular weight excluding hydrogens is 380 g/mol. The molecule has 0 saturated heterocycles. The molecule has 28 heavy (non-hydrogen) atoms. The van der Waals surface area contributed by atoms with E-state index in [1.807, 2.05) is 37.3 Å². The Kier molecular flexibility index (Phi) is 5.79. The van der Waals surface area contributed by atoms with Crippen molar-refractivity contribution in [2.45, 2.75) is 19.4 Å². The number of hydrogen-bond donors (Lipinski definition) is 0. The highest BCUT2D eigenvalue weighted by Crippen LogP contribution is 2.37. The molecule has 7 nitrogen and oxygen atoms in total. The van der Waals surface area contributed by atoms with E-state index in [0.717, 1.165) is 23.1 Å². The van der Waals surface area contributed by atoms with Gasteiger partial charge in [0, 0.05) is 18.1 Å². The second-order valence-electron chi connectivity index (χ2n) is 6.37. The maximum absolute atomic E-state index is 12.4. The van der Waals surface area contributed by atoms with Crippen LogP contribution in [0.2, 0.25) is 0 Å². The topological polar surface area (TPSA) is 77.4 Å². The average Bonchev–Trinajstić information content (AvgIpc) is 3.14. The fourth-order valence-electron chi connectivity index (χ4n) is 3.20. The standard InChI is InChI=1S/C20H24N2O5S/c1-5-27-15-8-6-14(7-9-15)19-13-18(21-22(19)28(4,23)24)17-11-10-16(25-2)12-20(17)26-3/h6-12,19H,5,13H2,1-4H3. The molecule has 1 aliphatic rings. The summed E-state index contributed by atoms with van der Waals surface area (Å²) >= 11 is 0. The molecule has 1 heterocycles. The van der Waals surface area contributed by atoms with Gasteiger partial charge in [0.15, 0.2) is 0 Å². The summed E-state index contributed by atoms with van der Waals surface area (Å²) in [6.07, 6.45) is 1.59. The van der Waals surface area contributed by atoms with Gasteiger partial charge in [-0.05, 0) is 36.8 Å². The van der Waals surface area contributed by atoms with Crippen LogP contribution in [0.1, 0.15) is 30.5 Å². The van der Waals surface area contributed by atoms with Gasteiger partial charge in [-0.25, -0.2) is 8.42 Å². The van der Waals surface area contributed by atoms with Gasteiger partial charge in [-0.15, -0.1) is 0 Å². The van der Waals surface area contributed by atoms with Gasteiger partial charge in [0.25, 0.3) is 0 Å². The smallest absolute Gasteiger partial charge is 0.247 e. The molecule has 0 bridgehead atoms. The van der Waals surface area contributed by atoms with Gasteiger partial charge in [0.2, 0.25) is 10.0 Å². The first-order valence-electron chi connectivity index (χ1n) is 8.89. The number of hydrogen-bond acceptors (Lipinski definition) is 6. The van der Waals surface area contributed by atoms with Gasteiger partial charge in [-0.2, -0.15) is 9.52 Å². The first-order valence-corrected chi connectivity index (χ1v) is 10.7. The molecule has 2 aromatic rings. The summed E-state index contributed by atoms with van der Waals surface area (Å²) in [7, 11) is -0.405. The second kappa shape index (κ2) is 8.10. The summed E-state index contributed by atoms with van der Waals surface area (Å²) in [5.74, 6) is 1.98. The van der Waals surface area contributed by atoms with E-state index in [-0.39, 0.29) is 0 Å². The Morgan fingerprint density at radius 3 is 2.32 bits per heavy atom. The average molecular weight is 404 g/mol. The quantitative estimate of drug-likeness (QED) is 0.708. The predicted molar refractivity (Wildman–Crippen MR) is 108 cm³/mol. The minimum atomic E-state index is -3.54. The van der Waals surface area contributed by atoms with Gasteiger partial charge >= 0.3 is 0 Å². The van der Waals surface area contributed by atoms with Gasteiger partial charge in [0.05, 0.1) is 38.8 Å². The first-order chi connectivity index (χ1) is 13.4. The molecular formula is C20H24N2O5S. The van der Waals surface area contributed by atoms with E-state index in [2.05, 4.69) is 5.10 Å². The Labute approximate surface area is 165 Å². The highest BCUT2D eigenvalue weighted by Gasteiger charge is 2.35. The molecule has 3 rings (SSSR count). The first kappa shape index (κ1) is 20.0. The lowest BCUT2D eigenvalue weighted by Gasteiger charge is -2.21. The van der Waals surface area contributed by atoms with Crippen LogP contribution in [0.4, 0.5) is 0 Å². The van der Waals surface area contributed by atoms with Crippen LogP contribution in [-0.4, -0.2) is 45.6 Å². The Morgan fingerprint density at radius 2 is 1.75 bits per heavy atom. The summed E-state index contributed by atoms with van der Waals surface area (Å²) in [6.45, 7) is 2.49. The molecule has 1 aliphatic heterocycles. The Morgan fingerprint density at radius 1 is 1.07 bits per heavy atom. The Bertz CT molecular complexity index is 971. The molecule has 150 valence electrons. The van der Waals surface area contributed by atoms with Crippen LogP contribution in [0.5, 0.6) is 17.2 Å². The Balaban J connectivity index is 1.98. The van der Waals surface area contributed by atoms with Crippen LogP contribution in [-0.2, 0) is 10.0 Å². The van der Waals surface area contributed by atoms with Crippen molar-refractivity contribution < 1.29 is 22.6 Å². The lowest BCUT2D eigenvalue weighted by Crippen LogP contribution is -2.25. The third-order valence-corrected chi connectivity index (χ3v) is 5.52. The zero-order valence-corrected chi connectivity index (χ0v) is 17.2. The van der Waals surface area contributed by atoms with Gasteiger partial charge in [-0.3, -0.25) is 0 Å². The van der Waals surface area contributed by atoms with Gasteiger partial charge in [-0.1, -0.05) is 12.1 Å². The zero-order chi connectivity index (χ0) is 20.3. The molecule has 0 radical (unpaired) electrons. The van der Waals surface area contributed by atoms with Crippen molar-refractivity contribution in [3.8, 4) is 17.2 Å². The summed E-state index contributed by atoms with van der Waals surface area (Å²) in [5, 5.41) is 4.42.